The van der Waals surface area contributed by atoms with Gasteiger partial charge in [0, 0.05) is 41.1 Å². The molecular formula is C31H35ClN2O2S. The lowest BCUT2D eigenvalue weighted by Gasteiger charge is -2.32. The highest BCUT2D eigenvalue weighted by atomic mass is 35.5. The molecule has 4 nitrogen and oxygen atoms in total. The summed E-state index contributed by atoms with van der Waals surface area (Å²) >= 11 is 7.93. The van der Waals surface area contributed by atoms with Gasteiger partial charge < -0.3 is 10.2 Å². The van der Waals surface area contributed by atoms with E-state index in [1.54, 1.807) is 16.7 Å². The predicted molar refractivity (Wildman–Crippen MR) is 153 cm³/mol. The van der Waals surface area contributed by atoms with Gasteiger partial charge in [0.05, 0.1) is 0 Å². The lowest BCUT2D eigenvalue weighted by Crippen LogP contribution is -2.52. The van der Waals surface area contributed by atoms with Crippen LogP contribution in [0.1, 0.15) is 48.8 Å². The first kappa shape index (κ1) is 27.3. The molecule has 0 aromatic heterocycles. The number of nitrogens with one attached hydrogen (secondary N) is 1. The third-order valence-electron chi connectivity index (χ3n) is 6.82. The standard InChI is InChI=1S/C31H35ClN2O2S/c1-23-14-16-28(17-15-23)37-19-18-30(35)34(22-25-10-7-11-26(32)20-25)29(21-24-8-3-2-4-9-24)31(36)33-27-12-5-6-13-27/h2-4,7-11,14-17,20,27,29H,5-6,12-13,18-19,21-22H2,1H3,(H,33,36)/t29-/m0/s1. The molecule has 0 radical (unpaired) electrons. The van der Waals surface area contributed by atoms with Gasteiger partial charge in [0.1, 0.15) is 6.04 Å². The van der Waals surface area contributed by atoms with Crippen molar-refractivity contribution in [2.45, 2.75) is 69.0 Å². The summed E-state index contributed by atoms with van der Waals surface area (Å²) in [4.78, 5) is 30.3. The van der Waals surface area contributed by atoms with E-state index in [4.69, 9.17) is 11.6 Å². The van der Waals surface area contributed by atoms with Gasteiger partial charge in [-0.05, 0) is 55.2 Å². The Hall–Kier alpha value is -2.76. The Morgan fingerprint density at radius 2 is 1.68 bits per heavy atom. The number of rotatable bonds is 11. The van der Waals surface area contributed by atoms with Crippen LogP contribution in [-0.2, 0) is 22.6 Å². The van der Waals surface area contributed by atoms with Crippen LogP contribution in [0, 0.1) is 6.92 Å². The summed E-state index contributed by atoms with van der Waals surface area (Å²) in [5.41, 5.74) is 3.16. The highest BCUT2D eigenvalue weighted by molar-refractivity contribution is 7.99. The van der Waals surface area contributed by atoms with Crippen LogP contribution in [0.2, 0.25) is 5.02 Å². The largest absolute Gasteiger partial charge is 0.352 e. The third-order valence-corrected chi connectivity index (χ3v) is 8.07. The van der Waals surface area contributed by atoms with Crippen LogP contribution in [0.25, 0.3) is 0 Å². The minimum Gasteiger partial charge on any atom is -0.352 e. The molecule has 194 valence electrons. The normalized spacial score (nSPS) is 14.3. The fourth-order valence-electron chi connectivity index (χ4n) is 4.79. The molecule has 3 aromatic carbocycles. The number of halogens is 1. The van der Waals surface area contributed by atoms with Crippen molar-refractivity contribution in [2.24, 2.45) is 0 Å². The smallest absolute Gasteiger partial charge is 0.243 e. The molecule has 37 heavy (non-hydrogen) atoms. The summed E-state index contributed by atoms with van der Waals surface area (Å²) in [6, 6.07) is 25.4. The van der Waals surface area contributed by atoms with Gasteiger partial charge in [-0.2, -0.15) is 0 Å². The second kappa shape index (κ2) is 13.7. The minimum atomic E-state index is -0.598. The van der Waals surface area contributed by atoms with Crippen molar-refractivity contribution in [3.05, 3.63) is 101 Å². The summed E-state index contributed by atoms with van der Waals surface area (Å²) < 4.78 is 0. The van der Waals surface area contributed by atoms with E-state index >= 15 is 0 Å². The van der Waals surface area contributed by atoms with Crippen molar-refractivity contribution in [2.75, 3.05) is 5.75 Å². The summed E-state index contributed by atoms with van der Waals surface area (Å²) in [6.07, 6.45) is 5.09. The van der Waals surface area contributed by atoms with E-state index in [1.165, 1.54) is 5.56 Å². The van der Waals surface area contributed by atoms with Crippen LogP contribution in [0.4, 0.5) is 0 Å². The molecule has 3 aromatic rings. The number of hydrogen-bond donors (Lipinski definition) is 1. The molecule has 1 aliphatic carbocycles. The van der Waals surface area contributed by atoms with E-state index in [0.717, 1.165) is 41.7 Å². The van der Waals surface area contributed by atoms with Gasteiger partial charge in [0.2, 0.25) is 11.8 Å². The maximum absolute atomic E-state index is 13.7. The minimum absolute atomic E-state index is 0.0258. The zero-order valence-corrected chi connectivity index (χ0v) is 22.9. The maximum atomic E-state index is 13.7. The van der Waals surface area contributed by atoms with Crippen LogP contribution in [0.15, 0.2) is 83.8 Å². The summed E-state index contributed by atoms with van der Waals surface area (Å²) in [6.45, 7) is 2.40. The van der Waals surface area contributed by atoms with Gasteiger partial charge in [-0.1, -0.05) is 84.6 Å². The number of aryl methyl sites for hydroxylation is 1. The van der Waals surface area contributed by atoms with Crippen molar-refractivity contribution in [3.63, 3.8) is 0 Å². The highest BCUT2D eigenvalue weighted by Gasteiger charge is 2.32. The number of amides is 2. The molecule has 1 aliphatic rings. The third kappa shape index (κ3) is 8.37. The van der Waals surface area contributed by atoms with Crippen LogP contribution < -0.4 is 5.32 Å². The molecule has 0 spiro atoms. The van der Waals surface area contributed by atoms with Gasteiger partial charge in [-0.3, -0.25) is 9.59 Å². The highest BCUT2D eigenvalue weighted by Crippen LogP contribution is 2.23. The molecule has 2 amide bonds. The van der Waals surface area contributed by atoms with Crippen molar-refractivity contribution < 1.29 is 9.59 Å². The number of carbonyl (C=O) groups excluding carboxylic acids is 2. The first-order chi connectivity index (χ1) is 18.0. The van der Waals surface area contributed by atoms with Crippen molar-refractivity contribution in [3.8, 4) is 0 Å². The molecule has 0 heterocycles. The lowest BCUT2D eigenvalue weighted by atomic mass is 10.0. The number of benzene rings is 3. The molecule has 1 fully saturated rings. The van der Waals surface area contributed by atoms with Crippen molar-refractivity contribution in [1.29, 1.82) is 0 Å². The van der Waals surface area contributed by atoms with Gasteiger partial charge >= 0.3 is 0 Å². The molecule has 4 rings (SSSR count). The number of carbonyl (C=O) groups is 2. The first-order valence-corrected chi connectivity index (χ1v) is 14.4. The second-order valence-electron chi connectivity index (χ2n) is 9.76. The monoisotopic (exact) mass is 534 g/mol. The molecule has 0 unspecified atom stereocenters. The molecule has 0 aliphatic heterocycles. The van der Waals surface area contributed by atoms with Crippen LogP contribution in [0.5, 0.6) is 0 Å². The lowest BCUT2D eigenvalue weighted by molar-refractivity contribution is -0.141. The zero-order valence-electron chi connectivity index (χ0n) is 21.4. The molecule has 0 bridgehead atoms. The number of nitrogens with zero attached hydrogens (tertiary/aromatic N) is 1. The van der Waals surface area contributed by atoms with E-state index in [1.807, 2.05) is 54.6 Å². The van der Waals surface area contributed by atoms with E-state index in [9.17, 15) is 9.59 Å². The molecule has 1 N–H and O–H groups in total. The molecule has 6 heteroatoms. The SMILES string of the molecule is Cc1ccc(SCCC(=O)N(Cc2cccc(Cl)c2)[C@@H](Cc2ccccc2)C(=O)NC2CCCC2)cc1. The molecular weight excluding hydrogens is 500 g/mol. The van der Waals surface area contributed by atoms with Gasteiger partial charge in [0.25, 0.3) is 0 Å². The van der Waals surface area contributed by atoms with Gasteiger partial charge in [-0.25, -0.2) is 0 Å². The Balaban J connectivity index is 1.56. The Labute approximate surface area is 229 Å². The molecule has 0 saturated heterocycles. The van der Waals surface area contributed by atoms with E-state index in [0.29, 0.717) is 30.2 Å². The number of thioether (sulfide) groups is 1. The Kier molecular flexibility index (Phi) is 10.1. The van der Waals surface area contributed by atoms with Gasteiger partial charge in [-0.15, -0.1) is 11.8 Å². The van der Waals surface area contributed by atoms with Crippen LogP contribution in [0.3, 0.4) is 0 Å². The number of hydrogen-bond acceptors (Lipinski definition) is 3. The fourth-order valence-corrected chi connectivity index (χ4v) is 5.84. The Bertz CT molecular complexity index is 1160. The predicted octanol–water partition coefficient (Wildman–Crippen LogP) is 6.83. The average molecular weight is 535 g/mol. The quantitative estimate of drug-likeness (QED) is 0.274. The Morgan fingerprint density at radius 1 is 0.973 bits per heavy atom. The van der Waals surface area contributed by atoms with E-state index in [2.05, 4.69) is 36.5 Å². The van der Waals surface area contributed by atoms with E-state index in [-0.39, 0.29) is 17.9 Å². The second-order valence-corrected chi connectivity index (χ2v) is 11.4. The fraction of sp³-hybridized carbons (Fsp3) is 0.355. The topological polar surface area (TPSA) is 49.4 Å². The van der Waals surface area contributed by atoms with Crippen molar-refractivity contribution in [1.82, 2.24) is 10.2 Å². The van der Waals surface area contributed by atoms with Crippen molar-refractivity contribution >= 4 is 35.2 Å². The van der Waals surface area contributed by atoms with E-state index < -0.39 is 6.04 Å². The molecule has 1 atom stereocenters. The molecule has 1 saturated carbocycles. The van der Waals surface area contributed by atoms with Gasteiger partial charge in [0.15, 0.2) is 0 Å². The zero-order chi connectivity index (χ0) is 26.0. The first-order valence-electron chi connectivity index (χ1n) is 13.1. The van der Waals surface area contributed by atoms with Crippen LogP contribution in [-0.4, -0.2) is 34.6 Å². The summed E-state index contributed by atoms with van der Waals surface area (Å²) in [5, 5.41) is 3.88. The Morgan fingerprint density at radius 3 is 2.38 bits per heavy atom. The maximum Gasteiger partial charge on any atom is 0.243 e. The van der Waals surface area contributed by atoms with Crippen LogP contribution >= 0.6 is 23.4 Å². The summed E-state index contributed by atoms with van der Waals surface area (Å²) in [7, 11) is 0. The summed E-state index contributed by atoms with van der Waals surface area (Å²) in [5.74, 6) is 0.551. The average Bonchev–Trinajstić information content (AvgIpc) is 3.41.